The predicted molar refractivity (Wildman–Crippen MR) is 99.6 cm³/mol. The quantitative estimate of drug-likeness (QED) is 0.291. The van der Waals surface area contributed by atoms with Gasteiger partial charge in [0.25, 0.3) is 0 Å². The fourth-order valence-corrected chi connectivity index (χ4v) is 3.01. The van der Waals surface area contributed by atoms with Crippen LogP contribution in [0.25, 0.3) is 0 Å². The average molecular weight is 375 g/mol. The van der Waals surface area contributed by atoms with Crippen molar-refractivity contribution in [2.24, 2.45) is 0 Å². The van der Waals surface area contributed by atoms with Crippen molar-refractivity contribution in [2.45, 2.75) is 69.3 Å². The van der Waals surface area contributed by atoms with Gasteiger partial charge in [-0.3, -0.25) is 4.79 Å². The molecule has 2 atom stereocenters. The average Bonchev–Trinajstić information content (AvgIpc) is 2.59. The van der Waals surface area contributed by atoms with Crippen molar-refractivity contribution < 1.29 is 14.6 Å². The third kappa shape index (κ3) is 8.91. The molecule has 0 aliphatic carbocycles. The molecule has 0 aromatic heterocycles. The Morgan fingerprint density at radius 2 is 1.50 bits per heavy atom. The second kappa shape index (κ2) is 12.6. The van der Waals surface area contributed by atoms with Crippen LogP contribution in [-0.4, -0.2) is 23.6 Å². The first-order valence-corrected chi connectivity index (χ1v) is 9.51. The molecule has 0 saturated heterocycles. The fraction of sp³-hybridized carbons (Fsp3) is 0.632. The van der Waals surface area contributed by atoms with Crippen molar-refractivity contribution in [2.75, 3.05) is 7.11 Å². The van der Waals surface area contributed by atoms with E-state index in [2.05, 4.69) is 4.74 Å². The van der Waals surface area contributed by atoms with E-state index in [-0.39, 0.29) is 5.97 Å². The summed E-state index contributed by atoms with van der Waals surface area (Å²) in [7, 11) is 1.36. The Labute approximate surface area is 155 Å². The molecule has 0 spiro atoms. The highest BCUT2D eigenvalue weighted by Gasteiger charge is 2.14. The molecule has 0 saturated carbocycles. The molecule has 1 rings (SSSR count). The van der Waals surface area contributed by atoms with Crippen LogP contribution in [0.2, 0.25) is 5.02 Å². The summed E-state index contributed by atoms with van der Waals surface area (Å²) < 4.78 is 4.59. The lowest BCUT2D eigenvalue weighted by molar-refractivity contribution is -0.140. The number of benzene rings is 1. The zero-order chi connectivity index (χ0) is 17.8. The summed E-state index contributed by atoms with van der Waals surface area (Å²) >= 11 is 11.7. The van der Waals surface area contributed by atoms with Gasteiger partial charge in [-0.25, -0.2) is 0 Å². The van der Waals surface area contributed by atoms with Crippen molar-refractivity contribution >= 4 is 29.2 Å². The number of aliphatic hydroxyl groups excluding tert-OH is 1. The minimum absolute atomic E-state index is 0.337. The Bertz CT molecular complexity index is 462. The van der Waals surface area contributed by atoms with Crippen molar-refractivity contribution in [3.8, 4) is 0 Å². The number of carbonyl (C=O) groups is 1. The SMILES string of the molecule is COC(=O)C(Cl)CCCCCCCCCC(O)c1ccc(Cl)cc1. The highest BCUT2D eigenvalue weighted by atomic mass is 35.5. The summed E-state index contributed by atoms with van der Waals surface area (Å²) in [6, 6.07) is 7.38. The smallest absolute Gasteiger partial charge is 0.323 e. The maximum Gasteiger partial charge on any atom is 0.323 e. The Hall–Kier alpha value is -0.770. The van der Waals surface area contributed by atoms with E-state index >= 15 is 0 Å². The molecule has 0 aliphatic heterocycles. The second-order valence-corrected chi connectivity index (χ2v) is 7.07. The number of alkyl halides is 1. The summed E-state index contributed by atoms with van der Waals surface area (Å²) in [5.74, 6) is -0.337. The molecule has 24 heavy (non-hydrogen) atoms. The molecule has 0 heterocycles. The lowest BCUT2D eigenvalue weighted by atomic mass is 10.0. The van der Waals surface area contributed by atoms with Crippen molar-refractivity contribution in [1.82, 2.24) is 0 Å². The minimum atomic E-state index is -0.510. The van der Waals surface area contributed by atoms with Crippen LogP contribution in [0.1, 0.15) is 69.5 Å². The number of methoxy groups -OCH3 is 1. The zero-order valence-electron chi connectivity index (χ0n) is 14.3. The molecule has 0 aliphatic rings. The molecule has 2 unspecified atom stereocenters. The first kappa shape index (κ1) is 21.3. The summed E-state index contributed by atoms with van der Waals surface area (Å²) in [6.07, 6.45) is 8.78. The lowest BCUT2D eigenvalue weighted by Crippen LogP contribution is -2.15. The number of halogens is 2. The molecule has 1 aromatic rings. The standard InChI is InChI=1S/C19H28Cl2O3/c1-24-19(23)17(21)9-7-5-3-2-4-6-8-10-18(22)15-11-13-16(20)14-12-15/h11-14,17-18,22H,2-10H2,1H3. The highest BCUT2D eigenvalue weighted by molar-refractivity contribution is 6.30. The number of esters is 1. The van der Waals surface area contributed by atoms with Crippen LogP contribution in [0.5, 0.6) is 0 Å². The molecular formula is C19H28Cl2O3. The van der Waals surface area contributed by atoms with Crippen LogP contribution >= 0.6 is 23.2 Å². The topological polar surface area (TPSA) is 46.5 Å². The summed E-state index contributed by atoms with van der Waals surface area (Å²) in [5, 5.41) is 10.3. The maximum atomic E-state index is 11.1. The molecule has 1 aromatic carbocycles. The molecular weight excluding hydrogens is 347 g/mol. The summed E-state index contributed by atoms with van der Waals surface area (Å²) in [4.78, 5) is 11.1. The van der Waals surface area contributed by atoms with E-state index in [4.69, 9.17) is 23.2 Å². The third-order valence-electron chi connectivity index (χ3n) is 4.15. The third-order valence-corrected chi connectivity index (χ3v) is 4.80. The van der Waals surface area contributed by atoms with E-state index < -0.39 is 11.5 Å². The lowest BCUT2D eigenvalue weighted by Gasteiger charge is -2.11. The van der Waals surface area contributed by atoms with Crippen LogP contribution in [0.15, 0.2) is 24.3 Å². The molecule has 136 valence electrons. The molecule has 0 bridgehead atoms. The van der Waals surface area contributed by atoms with Crippen LogP contribution in [0.4, 0.5) is 0 Å². The largest absolute Gasteiger partial charge is 0.468 e. The number of unbranched alkanes of at least 4 members (excludes halogenated alkanes) is 6. The van der Waals surface area contributed by atoms with Crippen LogP contribution in [0.3, 0.4) is 0 Å². The van der Waals surface area contributed by atoms with Crippen LogP contribution in [0, 0.1) is 0 Å². The number of rotatable bonds is 12. The van der Waals surface area contributed by atoms with Gasteiger partial charge in [0, 0.05) is 5.02 Å². The monoisotopic (exact) mass is 374 g/mol. The number of carbonyl (C=O) groups excluding carboxylic acids is 1. The van der Waals surface area contributed by atoms with Gasteiger partial charge in [-0.05, 0) is 30.5 Å². The van der Waals surface area contributed by atoms with Crippen molar-refractivity contribution in [3.05, 3.63) is 34.9 Å². The van der Waals surface area contributed by atoms with Gasteiger partial charge in [-0.2, -0.15) is 0 Å². The maximum absolute atomic E-state index is 11.1. The Morgan fingerprint density at radius 3 is 2.04 bits per heavy atom. The zero-order valence-corrected chi connectivity index (χ0v) is 15.9. The van der Waals surface area contributed by atoms with E-state index in [9.17, 15) is 9.90 Å². The van der Waals surface area contributed by atoms with Gasteiger partial charge in [0.1, 0.15) is 5.38 Å². The van der Waals surface area contributed by atoms with E-state index in [0.29, 0.717) is 11.4 Å². The van der Waals surface area contributed by atoms with Crippen LogP contribution in [-0.2, 0) is 9.53 Å². The van der Waals surface area contributed by atoms with Gasteiger partial charge < -0.3 is 9.84 Å². The summed E-state index contributed by atoms with van der Waals surface area (Å²) in [5.41, 5.74) is 0.931. The van der Waals surface area contributed by atoms with Gasteiger partial charge in [-0.1, -0.05) is 68.7 Å². The molecule has 1 N–H and O–H groups in total. The minimum Gasteiger partial charge on any atom is -0.468 e. The summed E-state index contributed by atoms with van der Waals surface area (Å²) in [6.45, 7) is 0. The Balaban J connectivity index is 1.97. The normalized spacial score (nSPS) is 13.5. The van der Waals surface area contributed by atoms with Gasteiger partial charge in [0.15, 0.2) is 0 Å². The number of hydrogen-bond donors (Lipinski definition) is 1. The first-order valence-electron chi connectivity index (χ1n) is 8.70. The Morgan fingerprint density at radius 1 is 1.00 bits per heavy atom. The molecule has 0 amide bonds. The van der Waals surface area contributed by atoms with Crippen molar-refractivity contribution in [1.29, 1.82) is 0 Å². The molecule has 0 radical (unpaired) electrons. The van der Waals surface area contributed by atoms with Gasteiger partial charge >= 0.3 is 5.97 Å². The van der Waals surface area contributed by atoms with Gasteiger partial charge in [0.05, 0.1) is 13.2 Å². The molecule has 5 heteroatoms. The predicted octanol–water partition coefficient (Wildman–Crippen LogP) is 5.66. The second-order valence-electron chi connectivity index (χ2n) is 6.11. The Kier molecular flexibility index (Phi) is 11.1. The van der Waals surface area contributed by atoms with Crippen molar-refractivity contribution in [3.63, 3.8) is 0 Å². The van der Waals surface area contributed by atoms with E-state index in [1.165, 1.54) is 20.0 Å². The number of hydrogen-bond acceptors (Lipinski definition) is 3. The van der Waals surface area contributed by atoms with E-state index in [0.717, 1.165) is 44.1 Å². The molecule has 0 fully saturated rings. The molecule has 3 nitrogen and oxygen atoms in total. The fourth-order valence-electron chi connectivity index (χ4n) is 2.64. The highest BCUT2D eigenvalue weighted by Crippen LogP contribution is 2.22. The first-order chi connectivity index (χ1) is 11.5. The van der Waals surface area contributed by atoms with Crippen LogP contribution < -0.4 is 0 Å². The number of aliphatic hydroxyl groups is 1. The number of ether oxygens (including phenoxy) is 1. The van der Waals surface area contributed by atoms with E-state index in [1.54, 1.807) is 0 Å². The van der Waals surface area contributed by atoms with E-state index in [1.807, 2.05) is 24.3 Å². The van der Waals surface area contributed by atoms with Gasteiger partial charge in [-0.15, -0.1) is 11.6 Å². The van der Waals surface area contributed by atoms with Gasteiger partial charge in [0.2, 0.25) is 0 Å².